The van der Waals surface area contributed by atoms with E-state index >= 15 is 0 Å². The van der Waals surface area contributed by atoms with Crippen LogP contribution >= 0.6 is 0 Å². The van der Waals surface area contributed by atoms with Crippen LogP contribution in [0.4, 0.5) is 0 Å². The van der Waals surface area contributed by atoms with Crippen molar-refractivity contribution in [2.45, 2.75) is 52.9 Å². The summed E-state index contributed by atoms with van der Waals surface area (Å²) >= 11 is 0. The lowest BCUT2D eigenvalue weighted by atomic mass is 10.2. The summed E-state index contributed by atoms with van der Waals surface area (Å²) in [4.78, 5) is 7.42. The number of aromatic amines is 1. The van der Waals surface area contributed by atoms with E-state index in [4.69, 9.17) is 4.55 Å². The standard InChI is InChI=1S/C8H14N2.C4H10O3S/c1-3-4-5-8-9-6-7(2)10-8;1-2-3-4-8(5,6)7/h6H,3-5H2,1-2H3,(H,9,10);2-4H2,1H3,(H,5,6,7). The highest BCUT2D eigenvalue weighted by atomic mass is 32.2. The van der Waals surface area contributed by atoms with Crippen molar-refractivity contribution in [3.05, 3.63) is 17.7 Å². The van der Waals surface area contributed by atoms with Gasteiger partial charge in [0.25, 0.3) is 10.1 Å². The molecule has 0 unspecified atom stereocenters. The molecule has 0 saturated heterocycles. The van der Waals surface area contributed by atoms with Crippen molar-refractivity contribution in [3.63, 3.8) is 0 Å². The Morgan fingerprint density at radius 1 is 1.28 bits per heavy atom. The number of H-pyrrole nitrogens is 1. The van der Waals surface area contributed by atoms with Gasteiger partial charge in [-0.3, -0.25) is 4.55 Å². The van der Waals surface area contributed by atoms with E-state index in [1.807, 2.05) is 20.0 Å². The Morgan fingerprint density at radius 3 is 2.22 bits per heavy atom. The third kappa shape index (κ3) is 10.3. The molecule has 0 aliphatic heterocycles. The highest BCUT2D eigenvalue weighted by molar-refractivity contribution is 7.85. The van der Waals surface area contributed by atoms with Crippen LogP contribution in [0, 0.1) is 6.92 Å². The summed E-state index contributed by atoms with van der Waals surface area (Å²) in [7, 11) is -3.69. The van der Waals surface area contributed by atoms with Crippen LogP contribution in [0.25, 0.3) is 0 Å². The van der Waals surface area contributed by atoms with Gasteiger partial charge < -0.3 is 4.98 Å². The fourth-order valence-electron chi connectivity index (χ4n) is 1.26. The van der Waals surface area contributed by atoms with Crippen molar-refractivity contribution in [1.82, 2.24) is 9.97 Å². The van der Waals surface area contributed by atoms with Gasteiger partial charge in [-0.15, -0.1) is 0 Å². The SMILES string of the molecule is CCCCS(=O)(=O)O.CCCCc1nc(C)c[nH]1. The normalized spacial score (nSPS) is 10.9. The molecule has 0 bridgehead atoms. The lowest BCUT2D eigenvalue weighted by Gasteiger charge is -1.90. The molecule has 5 nitrogen and oxygen atoms in total. The number of aromatic nitrogens is 2. The van der Waals surface area contributed by atoms with Crippen molar-refractivity contribution in [1.29, 1.82) is 0 Å². The zero-order chi connectivity index (χ0) is 14.0. The molecule has 0 aliphatic rings. The first kappa shape index (κ1) is 17.1. The minimum atomic E-state index is -3.69. The van der Waals surface area contributed by atoms with E-state index in [2.05, 4.69) is 16.9 Å². The minimum absolute atomic E-state index is 0.108. The van der Waals surface area contributed by atoms with Crippen LogP contribution in [-0.4, -0.2) is 28.7 Å². The van der Waals surface area contributed by atoms with E-state index < -0.39 is 10.1 Å². The van der Waals surface area contributed by atoms with Gasteiger partial charge in [0.05, 0.1) is 11.4 Å². The summed E-state index contributed by atoms with van der Waals surface area (Å²) in [5, 5.41) is 0. The second-order valence-electron chi connectivity index (χ2n) is 4.23. The summed E-state index contributed by atoms with van der Waals surface area (Å²) in [6, 6.07) is 0. The Bertz CT molecular complexity index is 413. The first-order chi connectivity index (χ1) is 8.39. The fraction of sp³-hybridized carbons (Fsp3) is 0.750. The highest BCUT2D eigenvalue weighted by Crippen LogP contribution is 1.99. The molecule has 2 N–H and O–H groups in total. The van der Waals surface area contributed by atoms with E-state index in [1.54, 1.807) is 0 Å². The number of aryl methyl sites for hydroxylation is 2. The van der Waals surface area contributed by atoms with Crippen LogP contribution in [0.15, 0.2) is 6.20 Å². The summed E-state index contributed by atoms with van der Waals surface area (Å²) in [5.41, 5.74) is 1.09. The Kier molecular flexibility index (Phi) is 8.66. The van der Waals surface area contributed by atoms with Gasteiger partial charge in [0, 0.05) is 12.6 Å². The van der Waals surface area contributed by atoms with E-state index in [0.717, 1.165) is 24.4 Å². The number of nitrogens with zero attached hydrogens (tertiary/aromatic N) is 1. The Morgan fingerprint density at radius 2 is 1.89 bits per heavy atom. The second-order valence-corrected chi connectivity index (χ2v) is 5.80. The molecule has 0 saturated carbocycles. The Balaban J connectivity index is 0.000000331. The maximum absolute atomic E-state index is 9.95. The summed E-state index contributed by atoms with van der Waals surface area (Å²) in [5.74, 6) is 1.02. The van der Waals surface area contributed by atoms with Gasteiger partial charge >= 0.3 is 0 Å². The summed E-state index contributed by atoms with van der Waals surface area (Å²) in [6.45, 7) is 6.06. The van der Waals surface area contributed by atoms with E-state index in [9.17, 15) is 8.42 Å². The topological polar surface area (TPSA) is 83.1 Å². The zero-order valence-electron chi connectivity index (χ0n) is 11.4. The van der Waals surface area contributed by atoms with Crippen LogP contribution in [0.2, 0.25) is 0 Å². The molecule has 0 atom stereocenters. The molecule has 106 valence electrons. The Labute approximate surface area is 110 Å². The highest BCUT2D eigenvalue weighted by Gasteiger charge is 2.00. The number of nitrogens with one attached hydrogen (secondary N) is 1. The lowest BCUT2D eigenvalue weighted by Crippen LogP contribution is -2.02. The van der Waals surface area contributed by atoms with Crippen molar-refractivity contribution in [3.8, 4) is 0 Å². The molecular formula is C12H24N2O3S. The molecule has 6 heteroatoms. The van der Waals surface area contributed by atoms with Gasteiger partial charge in [-0.05, 0) is 19.8 Å². The van der Waals surface area contributed by atoms with Gasteiger partial charge in [0.2, 0.25) is 0 Å². The molecule has 18 heavy (non-hydrogen) atoms. The monoisotopic (exact) mass is 276 g/mol. The average Bonchev–Trinajstić information content (AvgIpc) is 2.69. The van der Waals surface area contributed by atoms with E-state index in [0.29, 0.717) is 6.42 Å². The van der Waals surface area contributed by atoms with Gasteiger partial charge in [0.1, 0.15) is 5.82 Å². The van der Waals surface area contributed by atoms with Gasteiger partial charge in [-0.1, -0.05) is 26.7 Å². The minimum Gasteiger partial charge on any atom is -0.348 e. The molecule has 1 rings (SSSR count). The predicted octanol–water partition coefficient (Wildman–Crippen LogP) is 2.74. The molecule has 1 heterocycles. The van der Waals surface area contributed by atoms with Crippen LogP contribution in [-0.2, 0) is 16.5 Å². The molecule has 0 amide bonds. The van der Waals surface area contributed by atoms with E-state index in [-0.39, 0.29) is 5.75 Å². The number of hydrogen-bond donors (Lipinski definition) is 2. The molecule has 1 aromatic heterocycles. The van der Waals surface area contributed by atoms with E-state index in [1.165, 1.54) is 12.8 Å². The molecular weight excluding hydrogens is 252 g/mol. The van der Waals surface area contributed by atoms with Crippen molar-refractivity contribution < 1.29 is 13.0 Å². The smallest absolute Gasteiger partial charge is 0.264 e. The number of rotatable bonds is 6. The van der Waals surface area contributed by atoms with Gasteiger partial charge in [0.15, 0.2) is 0 Å². The number of hydrogen-bond acceptors (Lipinski definition) is 3. The fourth-order valence-corrected chi connectivity index (χ4v) is 1.92. The molecule has 0 radical (unpaired) electrons. The number of imidazole rings is 1. The van der Waals surface area contributed by atoms with Crippen molar-refractivity contribution in [2.75, 3.05) is 5.75 Å². The maximum Gasteiger partial charge on any atom is 0.264 e. The van der Waals surface area contributed by atoms with Crippen LogP contribution in [0.3, 0.4) is 0 Å². The third-order valence-corrected chi connectivity index (χ3v) is 3.09. The van der Waals surface area contributed by atoms with Crippen molar-refractivity contribution in [2.24, 2.45) is 0 Å². The van der Waals surface area contributed by atoms with Gasteiger partial charge in [-0.25, -0.2) is 4.98 Å². The predicted molar refractivity (Wildman–Crippen MR) is 73.3 cm³/mol. The van der Waals surface area contributed by atoms with Gasteiger partial charge in [-0.2, -0.15) is 8.42 Å². The Hall–Kier alpha value is -0.880. The molecule has 0 aliphatic carbocycles. The zero-order valence-corrected chi connectivity index (χ0v) is 12.3. The van der Waals surface area contributed by atoms with Crippen LogP contribution in [0.1, 0.15) is 51.0 Å². The average molecular weight is 276 g/mol. The molecule has 0 aromatic carbocycles. The van der Waals surface area contributed by atoms with Crippen LogP contribution in [0.5, 0.6) is 0 Å². The second kappa shape index (κ2) is 9.10. The summed E-state index contributed by atoms with van der Waals surface area (Å²) < 4.78 is 28.0. The first-order valence-electron chi connectivity index (χ1n) is 6.35. The number of unbranched alkanes of at least 4 members (excludes halogenated alkanes) is 2. The first-order valence-corrected chi connectivity index (χ1v) is 7.96. The van der Waals surface area contributed by atoms with Crippen LogP contribution < -0.4 is 0 Å². The summed E-state index contributed by atoms with van der Waals surface area (Å²) in [6.07, 6.45) is 6.83. The third-order valence-electron chi connectivity index (χ3n) is 2.28. The lowest BCUT2D eigenvalue weighted by molar-refractivity contribution is 0.480. The molecule has 0 fully saturated rings. The van der Waals surface area contributed by atoms with Crippen molar-refractivity contribution >= 4 is 10.1 Å². The largest absolute Gasteiger partial charge is 0.348 e. The maximum atomic E-state index is 9.95. The quantitative estimate of drug-likeness (QED) is 0.783. The molecule has 0 spiro atoms. The molecule has 1 aromatic rings.